The summed E-state index contributed by atoms with van der Waals surface area (Å²) in [5.74, 6) is -0.671. The van der Waals surface area contributed by atoms with Crippen LogP contribution in [0, 0.1) is 13.8 Å². The second-order valence-electron chi connectivity index (χ2n) is 10.0. The van der Waals surface area contributed by atoms with E-state index in [0.717, 1.165) is 36.1 Å². The fourth-order valence-electron chi connectivity index (χ4n) is 4.40. The third-order valence-corrected chi connectivity index (χ3v) is 7.92. The van der Waals surface area contributed by atoms with Crippen LogP contribution in [0.5, 0.6) is 5.75 Å². The normalized spacial score (nSPS) is 16.4. The van der Waals surface area contributed by atoms with Crippen molar-refractivity contribution in [1.29, 1.82) is 0 Å². The van der Waals surface area contributed by atoms with Crippen LogP contribution in [-0.2, 0) is 11.0 Å². The van der Waals surface area contributed by atoms with E-state index in [1.54, 1.807) is 11.8 Å². The van der Waals surface area contributed by atoms with Crippen molar-refractivity contribution < 1.29 is 32.6 Å². The standard InChI is InChI=1S/C28H29F3N2O4S/c1-16-7-8-19(14-22(16)37-27(3,4)26(35)36)20-6-5-13-33(15-20)25(34)23-17(2)32-24(38-23)18-9-11-21(12-10-18)28(29,30)31/h7-12,14,20H,5-6,13,15H2,1-4H3,(H,35,36). The number of halogens is 3. The minimum Gasteiger partial charge on any atom is -0.478 e. The Balaban J connectivity index is 1.52. The van der Waals surface area contributed by atoms with Gasteiger partial charge in [0, 0.05) is 24.6 Å². The Morgan fingerprint density at radius 1 is 1.11 bits per heavy atom. The van der Waals surface area contributed by atoms with Gasteiger partial charge in [0.1, 0.15) is 15.6 Å². The fraction of sp³-hybridized carbons (Fsp3) is 0.393. The van der Waals surface area contributed by atoms with E-state index in [1.807, 2.05) is 25.1 Å². The Hall–Kier alpha value is -3.40. The number of carboxylic acid groups (broad SMARTS) is 1. The molecule has 0 saturated carbocycles. The molecular formula is C28H29F3N2O4S. The van der Waals surface area contributed by atoms with Gasteiger partial charge in [-0.15, -0.1) is 11.3 Å². The number of hydrogen-bond acceptors (Lipinski definition) is 5. The van der Waals surface area contributed by atoms with E-state index in [-0.39, 0.29) is 11.8 Å². The van der Waals surface area contributed by atoms with Crippen LogP contribution in [0.15, 0.2) is 42.5 Å². The number of rotatable bonds is 6. The highest BCUT2D eigenvalue weighted by atomic mass is 32.1. The number of likely N-dealkylation sites (tertiary alicyclic amines) is 1. The lowest BCUT2D eigenvalue weighted by atomic mass is 9.89. The van der Waals surface area contributed by atoms with Gasteiger partial charge in [0.15, 0.2) is 5.60 Å². The number of carboxylic acids is 1. The average Bonchev–Trinajstić information content (AvgIpc) is 3.26. The summed E-state index contributed by atoms with van der Waals surface area (Å²) in [4.78, 5) is 31.7. The van der Waals surface area contributed by atoms with E-state index >= 15 is 0 Å². The van der Waals surface area contributed by atoms with Gasteiger partial charge in [0.05, 0.1) is 11.3 Å². The van der Waals surface area contributed by atoms with E-state index in [0.29, 0.717) is 40.0 Å². The van der Waals surface area contributed by atoms with Gasteiger partial charge in [0.2, 0.25) is 0 Å². The van der Waals surface area contributed by atoms with E-state index in [4.69, 9.17) is 4.74 Å². The molecule has 1 unspecified atom stereocenters. The number of amides is 1. The van der Waals surface area contributed by atoms with Crippen molar-refractivity contribution in [2.45, 2.75) is 58.2 Å². The van der Waals surface area contributed by atoms with Crippen molar-refractivity contribution in [3.63, 3.8) is 0 Å². The molecular weight excluding hydrogens is 517 g/mol. The Morgan fingerprint density at radius 3 is 2.42 bits per heavy atom. The lowest BCUT2D eigenvalue weighted by Crippen LogP contribution is -2.39. The van der Waals surface area contributed by atoms with Crippen LogP contribution in [0.1, 0.15) is 64.7 Å². The third kappa shape index (κ3) is 5.85. The number of benzene rings is 2. The SMILES string of the molecule is Cc1ccc(C2CCCN(C(=O)c3sc(-c4ccc(C(F)(F)F)cc4)nc3C)C2)cc1OC(C)(C)C(=O)O. The van der Waals surface area contributed by atoms with Crippen LogP contribution >= 0.6 is 11.3 Å². The van der Waals surface area contributed by atoms with Gasteiger partial charge in [0.25, 0.3) is 5.91 Å². The number of carbonyl (C=O) groups excluding carboxylic acids is 1. The van der Waals surface area contributed by atoms with Crippen molar-refractivity contribution in [2.75, 3.05) is 13.1 Å². The number of piperidine rings is 1. The molecule has 0 spiro atoms. The lowest BCUT2D eigenvalue weighted by molar-refractivity contribution is -0.152. The Bertz CT molecular complexity index is 1350. The molecule has 6 nitrogen and oxygen atoms in total. The summed E-state index contributed by atoms with van der Waals surface area (Å²) in [6, 6.07) is 10.5. The molecule has 3 aromatic rings. The maximum Gasteiger partial charge on any atom is 0.416 e. The summed E-state index contributed by atoms with van der Waals surface area (Å²) in [5, 5.41) is 9.93. The molecule has 1 saturated heterocycles. The van der Waals surface area contributed by atoms with Gasteiger partial charge < -0.3 is 14.7 Å². The highest BCUT2D eigenvalue weighted by molar-refractivity contribution is 7.17. The van der Waals surface area contributed by atoms with Gasteiger partial charge in [-0.3, -0.25) is 4.79 Å². The van der Waals surface area contributed by atoms with E-state index in [9.17, 15) is 27.9 Å². The van der Waals surface area contributed by atoms with Gasteiger partial charge in [-0.2, -0.15) is 13.2 Å². The van der Waals surface area contributed by atoms with E-state index < -0.39 is 23.3 Å². The predicted octanol–water partition coefficient (Wildman–Crippen LogP) is 6.71. The summed E-state index contributed by atoms with van der Waals surface area (Å²) in [6.45, 7) is 7.65. The van der Waals surface area contributed by atoms with Crippen molar-refractivity contribution in [1.82, 2.24) is 9.88 Å². The topological polar surface area (TPSA) is 79.7 Å². The summed E-state index contributed by atoms with van der Waals surface area (Å²) in [7, 11) is 0. The molecule has 2 aromatic carbocycles. The van der Waals surface area contributed by atoms with Crippen molar-refractivity contribution in [3.8, 4) is 16.3 Å². The Kier molecular flexibility index (Phi) is 7.56. The number of alkyl halides is 3. The molecule has 1 aliphatic heterocycles. The van der Waals surface area contributed by atoms with Crippen molar-refractivity contribution in [2.24, 2.45) is 0 Å². The molecule has 1 fully saturated rings. The molecule has 4 rings (SSSR count). The predicted molar refractivity (Wildman–Crippen MR) is 139 cm³/mol. The Morgan fingerprint density at radius 2 is 1.79 bits per heavy atom. The Labute approximate surface area is 223 Å². The lowest BCUT2D eigenvalue weighted by Gasteiger charge is -2.33. The minimum absolute atomic E-state index is 0.0474. The van der Waals surface area contributed by atoms with Gasteiger partial charge in [-0.1, -0.05) is 24.3 Å². The van der Waals surface area contributed by atoms with Crippen LogP contribution in [0.4, 0.5) is 13.2 Å². The second kappa shape index (κ2) is 10.4. The average molecular weight is 547 g/mol. The van der Waals surface area contributed by atoms with Crippen LogP contribution in [0.25, 0.3) is 10.6 Å². The highest BCUT2D eigenvalue weighted by Crippen LogP contribution is 2.36. The largest absolute Gasteiger partial charge is 0.478 e. The number of aliphatic carboxylic acids is 1. The number of carbonyl (C=O) groups is 2. The molecule has 0 aliphatic carbocycles. The van der Waals surface area contributed by atoms with Gasteiger partial charge in [-0.25, -0.2) is 9.78 Å². The summed E-state index contributed by atoms with van der Waals surface area (Å²) in [5.41, 5.74) is 0.740. The number of thiazole rings is 1. The summed E-state index contributed by atoms with van der Waals surface area (Å²) >= 11 is 1.18. The van der Waals surface area contributed by atoms with E-state index in [2.05, 4.69) is 4.98 Å². The minimum atomic E-state index is -4.42. The molecule has 1 aromatic heterocycles. The van der Waals surface area contributed by atoms with Crippen molar-refractivity contribution in [3.05, 3.63) is 69.7 Å². The number of hydrogen-bond donors (Lipinski definition) is 1. The summed E-state index contributed by atoms with van der Waals surface area (Å²) < 4.78 is 44.5. The maximum absolute atomic E-state index is 13.5. The molecule has 10 heteroatoms. The van der Waals surface area contributed by atoms with Crippen molar-refractivity contribution >= 4 is 23.2 Å². The van der Waals surface area contributed by atoms with Gasteiger partial charge in [-0.05, 0) is 69.9 Å². The zero-order valence-electron chi connectivity index (χ0n) is 21.6. The maximum atomic E-state index is 13.5. The molecule has 38 heavy (non-hydrogen) atoms. The second-order valence-corrected chi connectivity index (χ2v) is 11.0. The van der Waals surface area contributed by atoms with Crippen LogP contribution in [0.3, 0.4) is 0 Å². The molecule has 0 radical (unpaired) electrons. The molecule has 0 bridgehead atoms. The first kappa shape index (κ1) is 27.6. The quantitative estimate of drug-likeness (QED) is 0.372. The van der Waals surface area contributed by atoms with Crippen LogP contribution in [-0.4, -0.2) is 45.6 Å². The van der Waals surface area contributed by atoms with Crippen LogP contribution in [0.2, 0.25) is 0 Å². The number of aromatic nitrogens is 1. The number of nitrogens with zero attached hydrogens (tertiary/aromatic N) is 2. The van der Waals surface area contributed by atoms with E-state index in [1.165, 1.54) is 37.3 Å². The first-order valence-electron chi connectivity index (χ1n) is 12.2. The highest BCUT2D eigenvalue weighted by Gasteiger charge is 2.32. The van der Waals surface area contributed by atoms with Crippen LogP contribution < -0.4 is 4.74 Å². The zero-order chi connectivity index (χ0) is 27.8. The smallest absolute Gasteiger partial charge is 0.416 e. The first-order chi connectivity index (χ1) is 17.8. The summed E-state index contributed by atoms with van der Waals surface area (Å²) in [6.07, 6.45) is -2.75. The molecule has 1 N–H and O–H groups in total. The molecule has 1 amide bonds. The molecule has 1 atom stereocenters. The fourth-order valence-corrected chi connectivity index (χ4v) is 5.44. The zero-order valence-corrected chi connectivity index (χ0v) is 22.4. The monoisotopic (exact) mass is 546 g/mol. The molecule has 202 valence electrons. The first-order valence-corrected chi connectivity index (χ1v) is 13.0. The van der Waals surface area contributed by atoms with Gasteiger partial charge >= 0.3 is 12.1 Å². The number of aryl methyl sites for hydroxylation is 2. The molecule has 2 heterocycles. The molecule has 1 aliphatic rings. The third-order valence-electron chi connectivity index (χ3n) is 6.72. The number of ether oxygens (including phenoxy) is 1.